The van der Waals surface area contributed by atoms with Crippen LogP contribution in [0.4, 0.5) is 11.8 Å². The van der Waals surface area contributed by atoms with Crippen molar-refractivity contribution in [2.75, 3.05) is 23.8 Å². The number of nitrogens with one attached hydrogen (secondary N) is 4. The maximum absolute atomic E-state index is 11.5. The molecule has 0 aliphatic heterocycles. The summed E-state index contributed by atoms with van der Waals surface area (Å²) in [5.41, 5.74) is 3.00. The highest BCUT2D eigenvalue weighted by atomic mass is 16.2. The quantitative estimate of drug-likeness (QED) is 0.275. The van der Waals surface area contributed by atoms with Gasteiger partial charge in [0, 0.05) is 19.0 Å². The van der Waals surface area contributed by atoms with Crippen molar-refractivity contribution in [3.63, 3.8) is 0 Å². The SMILES string of the molecule is NNc1nc(NCCNC(=O)C2CC2)c2cn[nH]c2n1. The summed E-state index contributed by atoms with van der Waals surface area (Å²) in [7, 11) is 0. The lowest BCUT2D eigenvalue weighted by atomic mass is 10.3. The van der Waals surface area contributed by atoms with Gasteiger partial charge in [0.25, 0.3) is 0 Å². The summed E-state index contributed by atoms with van der Waals surface area (Å²) in [5.74, 6) is 6.60. The number of nitrogen functional groups attached to an aromatic ring is 1. The van der Waals surface area contributed by atoms with Crippen LogP contribution in [0, 0.1) is 5.92 Å². The molecule has 6 N–H and O–H groups in total. The molecule has 0 radical (unpaired) electrons. The van der Waals surface area contributed by atoms with Gasteiger partial charge in [-0.3, -0.25) is 15.3 Å². The lowest BCUT2D eigenvalue weighted by Crippen LogP contribution is -2.30. The molecule has 3 rings (SSSR count). The number of aromatic amines is 1. The third-order valence-electron chi connectivity index (χ3n) is 3.10. The second-order valence-corrected chi connectivity index (χ2v) is 4.66. The van der Waals surface area contributed by atoms with Crippen molar-refractivity contribution in [2.24, 2.45) is 11.8 Å². The fourth-order valence-corrected chi connectivity index (χ4v) is 1.89. The maximum atomic E-state index is 11.5. The summed E-state index contributed by atoms with van der Waals surface area (Å²) in [4.78, 5) is 19.8. The Morgan fingerprint density at radius 3 is 3.00 bits per heavy atom. The second kappa shape index (κ2) is 5.29. The number of carbonyl (C=O) groups is 1. The molecule has 2 aromatic heterocycles. The Labute approximate surface area is 114 Å². The van der Waals surface area contributed by atoms with Gasteiger partial charge >= 0.3 is 0 Å². The molecule has 2 aromatic rings. The lowest BCUT2D eigenvalue weighted by Gasteiger charge is -2.08. The molecule has 1 amide bonds. The van der Waals surface area contributed by atoms with E-state index in [9.17, 15) is 4.79 Å². The Hall–Kier alpha value is -2.42. The number of nitrogens with two attached hydrogens (primary N) is 1. The average molecular weight is 276 g/mol. The number of anilines is 2. The highest BCUT2D eigenvalue weighted by molar-refractivity contribution is 5.87. The van der Waals surface area contributed by atoms with Gasteiger partial charge in [0.1, 0.15) is 5.82 Å². The lowest BCUT2D eigenvalue weighted by molar-refractivity contribution is -0.122. The second-order valence-electron chi connectivity index (χ2n) is 4.66. The zero-order valence-electron chi connectivity index (χ0n) is 10.8. The third kappa shape index (κ3) is 2.62. The van der Waals surface area contributed by atoms with Crippen molar-refractivity contribution in [2.45, 2.75) is 12.8 Å². The van der Waals surface area contributed by atoms with Crippen LogP contribution in [0.3, 0.4) is 0 Å². The number of aromatic nitrogens is 4. The number of hydrazine groups is 1. The van der Waals surface area contributed by atoms with Crippen LogP contribution in [0.15, 0.2) is 6.20 Å². The number of H-pyrrole nitrogens is 1. The first-order chi connectivity index (χ1) is 9.78. The summed E-state index contributed by atoms with van der Waals surface area (Å²) in [6, 6.07) is 0. The Bertz CT molecular complexity index is 620. The summed E-state index contributed by atoms with van der Waals surface area (Å²) < 4.78 is 0. The highest BCUT2D eigenvalue weighted by Crippen LogP contribution is 2.28. The van der Waals surface area contributed by atoms with Crippen LogP contribution in [0.2, 0.25) is 0 Å². The standard InChI is InChI=1S/C11H16N8O/c12-18-11-16-8(7-5-15-19-9(7)17-11)13-3-4-14-10(20)6-1-2-6/h5-6H,1-4,12H2,(H,14,20)(H3,13,15,16,17,18,19). The van der Waals surface area contributed by atoms with Crippen LogP contribution in [-0.2, 0) is 4.79 Å². The average Bonchev–Trinajstić information content (AvgIpc) is 3.21. The number of hydrogen-bond acceptors (Lipinski definition) is 7. The molecule has 9 heteroatoms. The van der Waals surface area contributed by atoms with Gasteiger partial charge in [-0.1, -0.05) is 0 Å². The first-order valence-corrected chi connectivity index (χ1v) is 6.47. The van der Waals surface area contributed by atoms with Crippen molar-refractivity contribution in [1.29, 1.82) is 0 Å². The van der Waals surface area contributed by atoms with E-state index in [-0.39, 0.29) is 11.8 Å². The van der Waals surface area contributed by atoms with Gasteiger partial charge in [0.15, 0.2) is 5.65 Å². The molecule has 1 aliphatic carbocycles. The van der Waals surface area contributed by atoms with Crippen LogP contribution in [0.25, 0.3) is 11.0 Å². The molecule has 0 saturated heterocycles. The van der Waals surface area contributed by atoms with E-state index in [1.807, 2.05) is 0 Å². The van der Waals surface area contributed by atoms with E-state index >= 15 is 0 Å². The molecule has 9 nitrogen and oxygen atoms in total. The topological polar surface area (TPSA) is 134 Å². The molecule has 0 unspecified atom stereocenters. The molecule has 0 spiro atoms. The highest BCUT2D eigenvalue weighted by Gasteiger charge is 2.28. The number of carbonyl (C=O) groups excluding carboxylic acids is 1. The summed E-state index contributed by atoms with van der Waals surface area (Å²) in [6.07, 6.45) is 3.65. The number of hydrogen-bond donors (Lipinski definition) is 5. The van der Waals surface area contributed by atoms with Gasteiger partial charge in [-0.05, 0) is 12.8 Å². The van der Waals surface area contributed by atoms with E-state index in [0.717, 1.165) is 18.2 Å². The minimum Gasteiger partial charge on any atom is -0.368 e. The van der Waals surface area contributed by atoms with E-state index in [2.05, 4.69) is 36.2 Å². The van der Waals surface area contributed by atoms with E-state index in [0.29, 0.717) is 30.5 Å². The normalized spacial score (nSPS) is 14.2. The predicted molar refractivity (Wildman–Crippen MR) is 73.7 cm³/mol. The molecule has 0 aromatic carbocycles. The van der Waals surface area contributed by atoms with E-state index < -0.39 is 0 Å². The molecular formula is C11H16N8O. The molecule has 0 atom stereocenters. The monoisotopic (exact) mass is 276 g/mol. The van der Waals surface area contributed by atoms with Crippen LogP contribution >= 0.6 is 0 Å². The predicted octanol–water partition coefficient (Wildman–Crippen LogP) is -0.423. The van der Waals surface area contributed by atoms with Crippen LogP contribution in [-0.4, -0.2) is 39.2 Å². The van der Waals surface area contributed by atoms with Gasteiger partial charge in [0.2, 0.25) is 11.9 Å². The zero-order chi connectivity index (χ0) is 13.9. The van der Waals surface area contributed by atoms with E-state index in [1.165, 1.54) is 0 Å². The van der Waals surface area contributed by atoms with Gasteiger partial charge in [-0.2, -0.15) is 15.1 Å². The summed E-state index contributed by atoms with van der Waals surface area (Å²) >= 11 is 0. The van der Waals surface area contributed by atoms with Crippen LogP contribution in [0.5, 0.6) is 0 Å². The van der Waals surface area contributed by atoms with Crippen LogP contribution in [0.1, 0.15) is 12.8 Å². The molecule has 1 saturated carbocycles. The Kier molecular flexibility index (Phi) is 3.33. The molecular weight excluding hydrogens is 260 g/mol. The Morgan fingerprint density at radius 2 is 2.25 bits per heavy atom. The number of rotatable bonds is 6. The Balaban J connectivity index is 1.61. The molecule has 2 heterocycles. The summed E-state index contributed by atoms with van der Waals surface area (Å²) in [5, 5.41) is 13.5. The largest absolute Gasteiger partial charge is 0.368 e. The van der Waals surface area contributed by atoms with E-state index in [4.69, 9.17) is 5.84 Å². The fourth-order valence-electron chi connectivity index (χ4n) is 1.89. The van der Waals surface area contributed by atoms with Crippen molar-refractivity contribution < 1.29 is 4.79 Å². The Morgan fingerprint density at radius 1 is 1.40 bits per heavy atom. The number of fused-ring (bicyclic) bond motifs is 1. The molecule has 1 aliphatic rings. The minimum atomic E-state index is 0.132. The molecule has 0 bridgehead atoms. The van der Waals surface area contributed by atoms with Crippen molar-refractivity contribution in [1.82, 2.24) is 25.5 Å². The smallest absolute Gasteiger partial charge is 0.241 e. The first-order valence-electron chi connectivity index (χ1n) is 6.47. The van der Waals surface area contributed by atoms with E-state index in [1.54, 1.807) is 6.20 Å². The third-order valence-corrected chi connectivity index (χ3v) is 3.10. The van der Waals surface area contributed by atoms with Crippen LogP contribution < -0.4 is 21.9 Å². The summed E-state index contributed by atoms with van der Waals surface area (Å²) in [6.45, 7) is 1.11. The molecule has 1 fully saturated rings. The zero-order valence-corrected chi connectivity index (χ0v) is 10.8. The minimum absolute atomic E-state index is 0.132. The molecule has 106 valence electrons. The molecule has 20 heavy (non-hydrogen) atoms. The van der Waals surface area contributed by atoms with Crippen molar-refractivity contribution in [3.8, 4) is 0 Å². The van der Waals surface area contributed by atoms with Gasteiger partial charge in [-0.25, -0.2) is 5.84 Å². The van der Waals surface area contributed by atoms with Crippen molar-refractivity contribution >= 4 is 28.7 Å². The number of amides is 1. The van der Waals surface area contributed by atoms with Gasteiger partial charge in [0.05, 0.1) is 11.6 Å². The van der Waals surface area contributed by atoms with Gasteiger partial charge < -0.3 is 10.6 Å². The van der Waals surface area contributed by atoms with Crippen molar-refractivity contribution in [3.05, 3.63) is 6.20 Å². The number of nitrogens with zero attached hydrogens (tertiary/aromatic N) is 3. The fraction of sp³-hybridized carbons (Fsp3) is 0.455. The first kappa shape index (κ1) is 12.6. The van der Waals surface area contributed by atoms with Gasteiger partial charge in [-0.15, -0.1) is 0 Å². The maximum Gasteiger partial charge on any atom is 0.241 e.